The third-order valence-electron chi connectivity index (χ3n) is 5.13. The molecule has 0 unspecified atom stereocenters. The maximum atomic E-state index is 13.5. The number of hydrogen-bond donors (Lipinski definition) is 1. The highest BCUT2D eigenvalue weighted by Gasteiger charge is 2.29. The SMILES string of the molecule is CCOc1ccc(N(CC(=O)NC(C(C)C)C(C)C)S(=O)(=O)c2ccc(SC)cc2)cc1. The zero-order valence-electron chi connectivity index (χ0n) is 19.7. The second-order valence-electron chi connectivity index (χ2n) is 8.20. The number of hydrogen-bond acceptors (Lipinski definition) is 5. The fourth-order valence-corrected chi connectivity index (χ4v) is 5.36. The van der Waals surface area contributed by atoms with Crippen LogP contribution in [0.25, 0.3) is 0 Å². The Balaban J connectivity index is 2.40. The number of anilines is 1. The van der Waals surface area contributed by atoms with Crippen LogP contribution in [0.5, 0.6) is 5.75 Å². The quantitative estimate of drug-likeness (QED) is 0.470. The summed E-state index contributed by atoms with van der Waals surface area (Å²) in [6, 6.07) is 13.4. The summed E-state index contributed by atoms with van der Waals surface area (Å²) in [5, 5.41) is 3.02. The molecular weight excluding hydrogens is 444 g/mol. The van der Waals surface area contributed by atoms with Gasteiger partial charge in [0.1, 0.15) is 12.3 Å². The van der Waals surface area contributed by atoms with Crippen LogP contribution >= 0.6 is 11.8 Å². The van der Waals surface area contributed by atoms with Gasteiger partial charge in [0.05, 0.1) is 17.2 Å². The second-order valence-corrected chi connectivity index (χ2v) is 10.9. The molecule has 176 valence electrons. The Hall–Kier alpha value is -2.19. The van der Waals surface area contributed by atoms with Gasteiger partial charge >= 0.3 is 0 Å². The van der Waals surface area contributed by atoms with Gasteiger partial charge in [-0.1, -0.05) is 27.7 Å². The van der Waals surface area contributed by atoms with E-state index in [0.29, 0.717) is 18.0 Å². The first-order valence-electron chi connectivity index (χ1n) is 10.8. The minimum atomic E-state index is -3.95. The number of benzene rings is 2. The topological polar surface area (TPSA) is 75.7 Å². The molecule has 0 aliphatic heterocycles. The molecule has 1 N–H and O–H groups in total. The fourth-order valence-electron chi connectivity index (χ4n) is 3.53. The van der Waals surface area contributed by atoms with E-state index in [-0.39, 0.29) is 35.2 Å². The molecule has 1 amide bonds. The van der Waals surface area contributed by atoms with Crippen molar-refractivity contribution in [3.05, 3.63) is 48.5 Å². The fraction of sp³-hybridized carbons (Fsp3) is 0.458. The first-order chi connectivity index (χ1) is 15.1. The van der Waals surface area contributed by atoms with Gasteiger partial charge in [-0.25, -0.2) is 8.42 Å². The molecule has 0 aromatic heterocycles. The Kier molecular flexibility index (Phi) is 9.46. The van der Waals surface area contributed by atoms with E-state index < -0.39 is 10.0 Å². The lowest BCUT2D eigenvalue weighted by Crippen LogP contribution is -2.47. The second kappa shape index (κ2) is 11.6. The van der Waals surface area contributed by atoms with Crippen LogP contribution in [0.1, 0.15) is 34.6 Å². The van der Waals surface area contributed by atoms with Crippen molar-refractivity contribution in [1.29, 1.82) is 0 Å². The van der Waals surface area contributed by atoms with E-state index in [0.717, 1.165) is 9.20 Å². The molecule has 0 radical (unpaired) electrons. The van der Waals surface area contributed by atoms with Crippen LogP contribution in [0.4, 0.5) is 5.69 Å². The van der Waals surface area contributed by atoms with Crippen molar-refractivity contribution in [2.45, 2.75) is 50.5 Å². The van der Waals surface area contributed by atoms with E-state index >= 15 is 0 Å². The first kappa shape index (κ1) is 26.1. The van der Waals surface area contributed by atoms with Crippen molar-refractivity contribution in [2.24, 2.45) is 11.8 Å². The average molecular weight is 479 g/mol. The highest BCUT2D eigenvalue weighted by Crippen LogP contribution is 2.27. The highest BCUT2D eigenvalue weighted by molar-refractivity contribution is 7.98. The van der Waals surface area contributed by atoms with Crippen molar-refractivity contribution in [3.8, 4) is 5.75 Å². The van der Waals surface area contributed by atoms with E-state index in [1.165, 1.54) is 11.8 Å². The summed E-state index contributed by atoms with van der Waals surface area (Å²) in [6.45, 7) is 10.2. The number of rotatable bonds is 11. The molecule has 8 heteroatoms. The maximum Gasteiger partial charge on any atom is 0.264 e. The summed E-state index contributed by atoms with van der Waals surface area (Å²) in [4.78, 5) is 14.1. The zero-order chi connectivity index (χ0) is 23.9. The smallest absolute Gasteiger partial charge is 0.264 e. The van der Waals surface area contributed by atoms with E-state index in [4.69, 9.17) is 4.74 Å². The molecule has 2 aromatic carbocycles. The van der Waals surface area contributed by atoms with Crippen LogP contribution in [-0.2, 0) is 14.8 Å². The predicted octanol–water partition coefficient (Wildman–Crippen LogP) is 4.80. The molecule has 0 aliphatic carbocycles. The molecule has 2 aromatic rings. The van der Waals surface area contributed by atoms with Gasteiger partial charge in [0.25, 0.3) is 10.0 Å². The maximum absolute atomic E-state index is 13.5. The van der Waals surface area contributed by atoms with Crippen LogP contribution in [0.15, 0.2) is 58.3 Å². The summed E-state index contributed by atoms with van der Waals surface area (Å²) in [5.74, 6) is 0.764. The summed E-state index contributed by atoms with van der Waals surface area (Å²) < 4.78 is 33.7. The Morgan fingerprint density at radius 1 is 1.00 bits per heavy atom. The minimum Gasteiger partial charge on any atom is -0.494 e. The molecule has 32 heavy (non-hydrogen) atoms. The number of ether oxygens (including phenoxy) is 1. The van der Waals surface area contributed by atoms with Crippen molar-refractivity contribution >= 4 is 33.4 Å². The number of nitrogens with one attached hydrogen (secondary N) is 1. The number of carbonyl (C=O) groups is 1. The molecule has 2 rings (SSSR count). The van der Waals surface area contributed by atoms with Crippen LogP contribution in [0.3, 0.4) is 0 Å². The first-order valence-corrected chi connectivity index (χ1v) is 13.5. The molecule has 0 fully saturated rings. The number of sulfonamides is 1. The summed E-state index contributed by atoms with van der Waals surface area (Å²) in [6.07, 6.45) is 1.93. The van der Waals surface area contributed by atoms with Crippen molar-refractivity contribution in [2.75, 3.05) is 23.7 Å². The van der Waals surface area contributed by atoms with Crippen LogP contribution in [0.2, 0.25) is 0 Å². The number of nitrogens with zero attached hydrogens (tertiary/aromatic N) is 1. The Morgan fingerprint density at radius 3 is 2.03 bits per heavy atom. The van der Waals surface area contributed by atoms with Gasteiger partial charge in [-0.15, -0.1) is 11.8 Å². The number of thioether (sulfide) groups is 1. The molecule has 6 nitrogen and oxygen atoms in total. The number of carbonyl (C=O) groups excluding carboxylic acids is 1. The molecule has 0 bridgehead atoms. The van der Waals surface area contributed by atoms with Gasteiger partial charge in [-0.2, -0.15) is 0 Å². The van der Waals surface area contributed by atoms with Gasteiger partial charge in [0.2, 0.25) is 5.91 Å². The molecule has 0 heterocycles. The lowest BCUT2D eigenvalue weighted by atomic mass is 9.93. The molecule has 0 saturated heterocycles. The Labute approximate surface area is 196 Å². The summed E-state index contributed by atoms with van der Waals surface area (Å²) in [7, 11) is -3.95. The van der Waals surface area contributed by atoms with E-state index in [9.17, 15) is 13.2 Å². The molecule has 0 saturated carbocycles. The average Bonchev–Trinajstić information content (AvgIpc) is 2.76. The Morgan fingerprint density at radius 2 is 1.56 bits per heavy atom. The summed E-state index contributed by atoms with van der Waals surface area (Å²) >= 11 is 1.54. The van der Waals surface area contributed by atoms with Crippen LogP contribution < -0.4 is 14.4 Å². The molecule has 0 aliphatic rings. The lowest BCUT2D eigenvalue weighted by molar-refractivity contribution is -0.121. The lowest BCUT2D eigenvalue weighted by Gasteiger charge is -2.29. The van der Waals surface area contributed by atoms with Gasteiger partial charge in [-0.05, 0) is 73.5 Å². The van der Waals surface area contributed by atoms with Crippen molar-refractivity contribution in [1.82, 2.24) is 5.32 Å². The summed E-state index contributed by atoms with van der Waals surface area (Å²) in [5.41, 5.74) is 0.406. The highest BCUT2D eigenvalue weighted by atomic mass is 32.2. The van der Waals surface area contributed by atoms with Gasteiger partial charge in [0.15, 0.2) is 0 Å². The number of amides is 1. The van der Waals surface area contributed by atoms with Gasteiger partial charge in [-0.3, -0.25) is 9.10 Å². The molecule has 0 atom stereocenters. The van der Waals surface area contributed by atoms with Gasteiger partial charge < -0.3 is 10.1 Å². The zero-order valence-corrected chi connectivity index (χ0v) is 21.3. The Bertz CT molecular complexity index is 964. The van der Waals surface area contributed by atoms with Crippen LogP contribution in [0, 0.1) is 11.8 Å². The largest absolute Gasteiger partial charge is 0.494 e. The van der Waals surface area contributed by atoms with Crippen LogP contribution in [-0.4, -0.2) is 39.8 Å². The third-order valence-corrected chi connectivity index (χ3v) is 7.67. The standard InChI is InChI=1S/C24H34N2O4S2/c1-7-30-20-10-8-19(9-11-20)26(16-23(27)25-24(17(2)3)18(4)5)32(28,29)22-14-12-21(31-6)13-15-22/h8-15,17-18,24H,7,16H2,1-6H3,(H,25,27). The van der Waals surface area contributed by atoms with Gasteiger partial charge in [0, 0.05) is 10.9 Å². The molecular formula is C24H34N2O4S2. The van der Waals surface area contributed by atoms with Crippen molar-refractivity contribution < 1.29 is 17.9 Å². The predicted molar refractivity (Wildman–Crippen MR) is 132 cm³/mol. The third kappa shape index (κ3) is 6.65. The minimum absolute atomic E-state index is 0.0479. The van der Waals surface area contributed by atoms with E-state index in [2.05, 4.69) is 5.32 Å². The van der Waals surface area contributed by atoms with E-state index in [1.54, 1.807) is 48.5 Å². The van der Waals surface area contributed by atoms with E-state index in [1.807, 2.05) is 40.9 Å². The van der Waals surface area contributed by atoms with Crippen molar-refractivity contribution in [3.63, 3.8) is 0 Å². The molecule has 0 spiro atoms. The normalized spacial score (nSPS) is 11.8. The monoisotopic (exact) mass is 478 g/mol.